The first kappa shape index (κ1) is 13.4. The van der Waals surface area contributed by atoms with Gasteiger partial charge in [0.25, 0.3) is 5.56 Å². The maximum Gasteiger partial charge on any atom is 0.253 e. The van der Waals surface area contributed by atoms with Crippen LogP contribution >= 0.6 is 12.2 Å². The normalized spacial score (nSPS) is 10.4. The topological polar surface area (TPSA) is 48.0 Å². The lowest BCUT2D eigenvalue weighted by atomic mass is 10.1. The van der Waals surface area contributed by atoms with Crippen molar-refractivity contribution in [3.8, 4) is 0 Å². The third kappa shape index (κ3) is 3.06. The van der Waals surface area contributed by atoms with Crippen LogP contribution in [0.15, 0.2) is 41.3 Å². The Morgan fingerprint density at radius 1 is 1.42 bits per heavy atom. The van der Waals surface area contributed by atoms with Gasteiger partial charge in [0, 0.05) is 17.3 Å². The van der Waals surface area contributed by atoms with Gasteiger partial charge in [-0.15, -0.1) is 0 Å². The molecule has 3 nitrogen and oxygen atoms in total. The van der Waals surface area contributed by atoms with Crippen LogP contribution in [0.1, 0.15) is 16.7 Å². The van der Waals surface area contributed by atoms with Crippen molar-refractivity contribution in [1.29, 1.82) is 0 Å². The molecule has 2 rings (SSSR count). The molecule has 19 heavy (non-hydrogen) atoms. The molecule has 0 saturated heterocycles. The zero-order valence-corrected chi connectivity index (χ0v) is 11.2. The van der Waals surface area contributed by atoms with E-state index in [1.54, 1.807) is 31.3 Å². The zero-order valence-electron chi connectivity index (χ0n) is 10.4. The molecule has 2 N–H and O–H groups in total. The number of nitrogens with zero attached hydrogens (tertiary/aromatic N) is 1. The number of benzene rings is 1. The first-order valence-electron chi connectivity index (χ1n) is 5.72. The van der Waals surface area contributed by atoms with Crippen molar-refractivity contribution in [2.75, 3.05) is 0 Å². The lowest BCUT2D eigenvalue weighted by molar-refractivity contribution is 0.622. The van der Waals surface area contributed by atoms with Crippen LogP contribution in [-0.4, -0.2) is 9.56 Å². The third-order valence-corrected chi connectivity index (χ3v) is 3.04. The van der Waals surface area contributed by atoms with Crippen molar-refractivity contribution in [3.63, 3.8) is 0 Å². The minimum Gasteiger partial charge on any atom is -0.389 e. The van der Waals surface area contributed by atoms with E-state index in [9.17, 15) is 9.18 Å². The Kier molecular flexibility index (Phi) is 3.76. The van der Waals surface area contributed by atoms with Crippen LogP contribution in [0.25, 0.3) is 0 Å². The number of aromatic nitrogens is 1. The Hall–Kier alpha value is -2.01. The van der Waals surface area contributed by atoms with Gasteiger partial charge in [-0.2, -0.15) is 0 Å². The van der Waals surface area contributed by atoms with Crippen molar-refractivity contribution in [3.05, 3.63) is 69.4 Å². The fourth-order valence-electron chi connectivity index (χ4n) is 1.86. The molecular formula is C14H13FN2OS. The van der Waals surface area contributed by atoms with Gasteiger partial charge in [0.1, 0.15) is 10.8 Å². The number of rotatable bonds is 3. The van der Waals surface area contributed by atoms with Crippen LogP contribution in [0, 0.1) is 12.7 Å². The monoisotopic (exact) mass is 276 g/mol. The third-order valence-electron chi connectivity index (χ3n) is 2.81. The van der Waals surface area contributed by atoms with Gasteiger partial charge in [-0.3, -0.25) is 4.79 Å². The maximum atomic E-state index is 13.5. The lowest BCUT2D eigenvalue weighted by Crippen LogP contribution is -2.22. The van der Waals surface area contributed by atoms with Gasteiger partial charge in [-0.05, 0) is 36.8 Å². The van der Waals surface area contributed by atoms with E-state index in [1.165, 1.54) is 16.7 Å². The van der Waals surface area contributed by atoms with Gasteiger partial charge in [0.15, 0.2) is 0 Å². The second kappa shape index (κ2) is 5.32. The average molecular weight is 276 g/mol. The average Bonchev–Trinajstić information content (AvgIpc) is 2.34. The molecule has 0 aliphatic heterocycles. The van der Waals surface area contributed by atoms with Gasteiger partial charge in [0.2, 0.25) is 0 Å². The summed E-state index contributed by atoms with van der Waals surface area (Å²) >= 11 is 4.84. The molecule has 0 unspecified atom stereocenters. The summed E-state index contributed by atoms with van der Waals surface area (Å²) < 4.78 is 15.0. The molecule has 0 aliphatic rings. The lowest BCUT2D eigenvalue weighted by Gasteiger charge is -2.08. The van der Waals surface area contributed by atoms with E-state index in [0.29, 0.717) is 16.7 Å². The van der Waals surface area contributed by atoms with Crippen LogP contribution in [0.4, 0.5) is 4.39 Å². The number of halogens is 1. The Balaban J connectivity index is 2.41. The molecule has 0 radical (unpaired) electrons. The molecule has 0 atom stereocenters. The highest BCUT2D eigenvalue weighted by atomic mass is 32.1. The molecular weight excluding hydrogens is 263 g/mol. The molecule has 0 spiro atoms. The molecule has 0 saturated carbocycles. The summed E-state index contributed by atoms with van der Waals surface area (Å²) in [6, 6.07) is 7.87. The van der Waals surface area contributed by atoms with E-state index < -0.39 is 5.82 Å². The van der Waals surface area contributed by atoms with Crippen molar-refractivity contribution in [1.82, 2.24) is 4.57 Å². The smallest absolute Gasteiger partial charge is 0.253 e. The van der Waals surface area contributed by atoms with Gasteiger partial charge in [0.05, 0.1) is 6.54 Å². The Morgan fingerprint density at radius 3 is 2.84 bits per heavy atom. The maximum absolute atomic E-state index is 13.5. The molecule has 0 aliphatic carbocycles. The molecule has 0 fully saturated rings. The van der Waals surface area contributed by atoms with Crippen LogP contribution in [0.2, 0.25) is 0 Å². The zero-order chi connectivity index (χ0) is 14.0. The SMILES string of the molecule is Cc1cccn(Cc2cc(F)cc(C(N)=S)c2)c1=O. The van der Waals surface area contributed by atoms with E-state index in [4.69, 9.17) is 18.0 Å². The highest BCUT2D eigenvalue weighted by Crippen LogP contribution is 2.10. The molecule has 2 aromatic rings. The van der Waals surface area contributed by atoms with Crippen molar-refractivity contribution in [2.24, 2.45) is 5.73 Å². The molecule has 1 aromatic heterocycles. The number of nitrogens with two attached hydrogens (primary N) is 1. The van der Waals surface area contributed by atoms with Gasteiger partial charge >= 0.3 is 0 Å². The molecule has 5 heteroatoms. The predicted molar refractivity (Wildman–Crippen MR) is 76.8 cm³/mol. The minimum atomic E-state index is -0.416. The second-order valence-corrected chi connectivity index (χ2v) is 4.78. The van der Waals surface area contributed by atoms with Gasteiger partial charge in [-0.25, -0.2) is 4.39 Å². The van der Waals surface area contributed by atoms with Crippen molar-refractivity contribution in [2.45, 2.75) is 13.5 Å². The Morgan fingerprint density at radius 2 is 2.16 bits per heavy atom. The first-order chi connectivity index (χ1) is 8.97. The molecule has 0 bridgehead atoms. The van der Waals surface area contributed by atoms with Crippen LogP contribution < -0.4 is 11.3 Å². The van der Waals surface area contributed by atoms with Gasteiger partial charge < -0.3 is 10.3 Å². The van der Waals surface area contributed by atoms with Gasteiger partial charge in [-0.1, -0.05) is 18.3 Å². The quantitative estimate of drug-likeness (QED) is 0.872. The summed E-state index contributed by atoms with van der Waals surface area (Å²) in [4.78, 5) is 12.0. The van der Waals surface area contributed by atoms with E-state index in [2.05, 4.69) is 0 Å². The number of thiocarbonyl (C=S) groups is 1. The summed E-state index contributed by atoms with van der Waals surface area (Å²) in [5, 5.41) is 0. The highest BCUT2D eigenvalue weighted by molar-refractivity contribution is 7.80. The summed E-state index contributed by atoms with van der Waals surface area (Å²) in [6.07, 6.45) is 1.67. The van der Waals surface area contributed by atoms with E-state index >= 15 is 0 Å². The van der Waals surface area contributed by atoms with Crippen molar-refractivity contribution < 1.29 is 4.39 Å². The molecule has 0 amide bonds. The van der Waals surface area contributed by atoms with E-state index in [-0.39, 0.29) is 17.1 Å². The fourth-order valence-corrected chi connectivity index (χ4v) is 1.98. The predicted octanol–water partition coefficient (Wildman–Crippen LogP) is 1.98. The number of hydrogen-bond acceptors (Lipinski definition) is 2. The van der Waals surface area contributed by atoms with E-state index in [1.807, 2.05) is 0 Å². The number of aryl methyl sites for hydroxylation is 1. The largest absolute Gasteiger partial charge is 0.389 e. The molecule has 1 aromatic carbocycles. The van der Waals surface area contributed by atoms with Crippen LogP contribution in [0.5, 0.6) is 0 Å². The Bertz CT molecular complexity index is 694. The number of hydrogen-bond donors (Lipinski definition) is 1. The molecule has 98 valence electrons. The first-order valence-corrected chi connectivity index (χ1v) is 6.13. The summed E-state index contributed by atoms with van der Waals surface area (Å²) in [6.45, 7) is 2.03. The minimum absolute atomic E-state index is 0.0939. The van der Waals surface area contributed by atoms with E-state index in [0.717, 1.165) is 0 Å². The number of pyridine rings is 1. The highest BCUT2D eigenvalue weighted by Gasteiger charge is 2.05. The fraction of sp³-hybridized carbons (Fsp3) is 0.143. The second-order valence-electron chi connectivity index (χ2n) is 4.34. The summed E-state index contributed by atoms with van der Waals surface area (Å²) in [7, 11) is 0. The summed E-state index contributed by atoms with van der Waals surface area (Å²) in [5.41, 5.74) is 7.16. The Labute approximate surface area is 115 Å². The van der Waals surface area contributed by atoms with Crippen LogP contribution in [0.3, 0.4) is 0 Å². The molecule has 1 heterocycles. The standard InChI is InChI=1S/C14H13FN2OS/c1-9-3-2-4-17(14(9)18)8-10-5-11(13(16)19)7-12(15)6-10/h2-7H,8H2,1H3,(H2,16,19). The van der Waals surface area contributed by atoms with Crippen molar-refractivity contribution >= 4 is 17.2 Å². The van der Waals surface area contributed by atoms with Crippen LogP contribution in [-0.2, 0) is 6.54 Å². The summed E-state index contributed by atoms with van der Waals surface area (Å²) in [5.74, 6) is -0.416.